The van der Waals surface area contributed by atoms with Crippen LogP contribution in [0.2, 0.25) is 0 Å². The number of rotatable bonds is 6. The fourth-order valence-corrected chi connectivity index (χ4v) is 8.93. The quantitative estimate of drug-likeness (QED) is 0.149. The van der Waals surface area contributed by atoms with Crippen LogP contribution in [-0.4, -0.2) is 64.7 Å². The largest absolute Gasteiger partial charge is 0.489 e. The normalized spacial score (nSPS) is 38.7. The van der Waals surface area contributed by atoms with Crippen LogP contribution in [-0.2, 0) is 33.3 Å². The fraction of sp³-hybridized carbons (Fsp3) is 0.537. The molecular weight excluding hydrogens is 636 g/mol. The van der Waals surface area contributed by atoms with Crippen molar-refractivity contribution in [2.24, 2.45) is 41.4 Å². The maximum Gasteiger partial charge on any atom is 0.334 e. The second-order valence-electron chi connectivity index (χ2n) is 14.8. The molecule has 50 heavy (non-hydrogen) atoms. The number of fused-ring (bicyclic) bond motifs is 6. The third-order valence-electron chi connectivity index (χ3n) is 12.1. The van der Waals surface area contributed by atoms with Crippen LogP contribution >= 0.6 is 0 Å². The van der Waals surface area contributed by atoms with Crippen LogP contribution in [0.3, 0.4) is 0 Å². The number of hydrogen-bond acceptors (Lipinski definition) is 9. The summed E-state index contributed by atoms with van der Waals surface area (Å²) in [5.41, 5.74) is 4.57. The minimum absolute atomic E-state index is 0.0204. The van der Waals surface area contributed by atoms with Gasteiger partial charge >= 0.3 is 17.9 Å². The van der Waals surface area contributed by atoms with Crippen molar-refractivity contribution in [1.29, 1.82) is 0 Å². The molecule has 9 heteroatoms. The van der Waals surface area contributed by atoms with Gasteiger partial charge in [-0.25, -0.2) is 14.4 Å². The van der Waals surface area contributed by atoms with E-state index in [0.717, 1.165) is 22.3 Å². The molecule has 6 fully saturated rings. The van der Waals surface area contributed by atoms with Gasteiger partial charge in [0.1, 0.15) is 30.2 Å². The fourth-order valence-electron chi connectivity index (χ4n) is 8.93. The Morgan fingerprint density at radius 1 is 0.760 bits per heavy atom. The topological polar surface area (TPSA) is 129 Å². The molecule has 2 aliphatic heterocycles. The van der Waals surface area contributed by atoms with E-state index >= 15 is 0 Å². The molecule has 0 bridgehead atoms. The Morgan fingerprint density at radius 3 is 1.82 bits per heavy atom. The molecule has 4 saturated carbocycles. The lowest BCUT2D eigenvalue weighted by Crippen LogP contribution is -2.38. The molecule has 0 aromatic rings. The molecule has 0 radical (unpaired) electrons. The predicted octanol–water partition coefficient (Wildman–Crippen LogP) is 6.02. The molecule has 13 atom stereocenters. The van der Waals surface area contributed by atoms with Crippen LogP contribution in [0.15, 0.2) is 97.4 Å². The van der Waals surface area contributed by atoms with Crippen molar-refractivity contribution in [2.45, 2.75) is 95.9 Å². The zero-order chi connectivity index (χ0) is 36.9. The van der Waals surface area contributed by atoms with E-state index in [1.54, 1.807) is 0 Å². The lowest BCUT2D eigenvalue weighted by atomic mass is 9.79. The van der Waals surface area contributed by atoms with Gasteiger partial charge in [0, 0.05) is 41.4 Å². The highest BCUT2D eigenvalue weighted by molar-refractivity contribution is 5.92. The van der Waals surface area contributed by atoms with Gasteiger partial charge < -0.3 is 29.2 Å². The Morgan fingerprint density at radius 2 is 1.28 bits per heavy atom. The molecule has 4 aliphatic carbocycles. The molecule has 2 N–H and O–H groups in total. The van der Waals surface area contributed by atoms with Crippen molar-refractivity contribution in [1.82, 2.24) is 0 Å². The van der Waals surface area contributed by atoms with Gasteiger partial charge in [0.2, 0.25) is 0 Å². The number of ether oxygens (including phenoxy) is 4. The van der Waals surface area contributed by atoms with E-state index in [-0.39, 0.29) is 41.6 Å². The maximum absolute atomic E-state index is 12.3. The molecular formula is C41H52O9. The van der Waals surface area contributed by atoms with Crippen LogP contribution in [0, 0.1) is 41.4 Å². The predicted molar refractivity (Wildman–Crippen MR) is 189 cm³/mol. The average Bonchev–Trinajstić information content (AvgIpc) is 3.70. The number of aliphatic hydroxyl groups excluding tert-OH is 2. The first kappa shape index (κ1) is 37.3. The lowest BCUT2D eigenvalue weighted by molar-refractivity contribution is -0.150. The molecule has 270 valence electrons. The van der Waals surface area contributed by atoms with E-state index in [1.165, 1.54) is 0 Å². The number of esters is 3. The Kier molecular flexibility index (Phi) is 10.7. The van der Waals surface area contributed by atoms with Crippen LogP contribution in [0.4, 0.5) is 0 Å². The van der Waals surface area contributed by atoms with E-state index in [1.807, 2.05) is 20.8 Å². The van der Waals surface area contributed by atoms with Gasteiger partial charge in [-0.2, -0.15) is 0 Å². The Hall–Kier alpha value is -3.95. The van der Waals surface area contributed by atoms with Crippen molar-refractivity contribution in [2.75, 3.05) is 0 Å². The number of allylic oxidation sites excluding steroid dienone is 1. The van der Waals surface area contributed by atoms with Crippen LogP contribution < -0.4 is 0 Å². The molecule has 0 aromatic heterocycles. The molecule has 2 saturated heterocycles. The highest BCUT2D eigenvalue weighted by atomic mass is 16.6. The minimum Gasteiger partial charge on any atom is -0.489 e. The van der Waals surface area contributed by atoms with Crippen LogP contribution in [0.1, 0.15) is 59.3 Å². The summed E-state index contributed by atoms with van der Waals surface area (Å²) in [4.78, 5) is 36.7. The monoisotopic (exact) mass is 688 g/mol. The van der Waals surface area contributed by atoms with E-state index in [2.05, 4.69) is 52.6 Å². The van der Waals surface area contributed by atoms with Gasteiger partial charge in [-0.05, 0) is 54.6 Å². The van der Waals surface area contributed by atoms with E-state index in [0.29, 0.717) is 61.0 Å². The summed E-state index contributed by atoms with van der Waals surface area (Å²) < 4.78 is 23.1. The zero-order valence-electron chi connectivity index (χ0n) is 29.7. The van der Waals surface area contributed by atoms with Crippen molar-refractivity contribution < 1.29 is 43.5 Å². The second kappa shape index (κ2) is 14.3. The molecule has 0 spiro atoms. The van der Waals surface area contributed by atoms with Crippen molar-refractivity contribution >= 4 is 17.9 Å². The zero-order valence-corrected chi connectivity index (χ0v) is 29.7. The van der Waals surface area contributed by atoms with Gasteiger partial charge in [0.25, 0.3) is 0 Å². The summed E-state index contributed by atoms with van der Waals surface area (Å²) in [5, 5.41) is 20.6. The lowest BCUT2D eigenvalue weighted by Gasteiger charge is -2.30. The Bertz CT molecular complexity index is 1560. The maximum atomic E-state index is 12.3. The van der Waals surface area contributed by atoms with Gasteiger partial charge in [0.05, 0.1) is 24.0 Å². The third kappa shape index (κ3) is 6.50. The Balaban J connectivity index is 0.000000194. The van der Waals surface area contributed by atoms with Gasteiger partial charge in [-0.3, -0.25) is 0 Å². The summed E-state index contributed by atoms with van der Waals surface area (Å²) in [7, 11) is 0. The van der Waals surface area contributed by atoms with Crippen molar-refractivity contribution in [3.05, 3.63) is 97.4 Å². The van der Waals surface area contributed by atoms with E-state index in [9.17, 15) is 24.6 Å². The van der Waals surface area contributed by atoms with Crippen LogP contribution in [0.5, 0.6) is 0 Å². The number of hydrogen-bond donors (Lipinski definition) is 2. The molecule has 9 nitrogen and oxygen atoms in total. The smallest absolute Gasteiger partial charge is 0.334 e. The van der Waals surface area contributed by atoms with Crippen LogP contribution in [0.25, 0.3) is 0 Å². The van der Waals surface area contributed by atoms with Gasteiger partial charge in [-0.1, -0.05) is 84.5 Å². The van der Waals surface area contributed by atoms with Crippen molar-refractivity contribution in [3.8, 4) is 0 Å². The summed E-state index contributed by atoms with van der Waals surface area (Å²) in [5.74, 6) is -1.39. The number of aliphatic hydroxyl groups is 2. The second-order valence-corrected chi connectivity index (χ2v) is 14.8. The molecule has 0 amide bonds. The highest BCUT2D eigenvalue weighted by Gasteiger charge is 2.58. The molecule has 2 heterocycles. The SMILES string of the molecule is C=C(CC)C(=O)OC1CC(=C)C2CC(O)C(=C)C2C2OC(=C)C(=C)C12.C=C(CC)C(=O)OC1CC(=C)C2CC(O)C(C)C2C2OC(=O)C(=C)C12. The standard InChI is InChI=1S/C21H26O4.C20H26O5/c1-7-10(2)21(23)25-17-8-11(3)15-9-16(22)13(5)18(15)20-19(17)12(4)14(6)24-20;1-6-9(2)19(22)24-15-7-10(3)13-8-14(21)11(4)16(13)18-17(15)12(5)20(23)25-18/h15-20,22H,2-9H2,1H3;11,13-18,21H,2-3,5-8H2,1,4H3. The molecule has 6 rings (SSSR count). The summed E-state index contributed by atoms with van der Waals surface area (Å²) >= 11 is 0. The molecule has 13 unspecified atom stereocenters. The average molecular weight is 689 g/mol. The van der Waals surface area contributed by atoms with E-state index < -0.39 is 54.3 Å². The highest BCUT2D eigenvalue weighted by Crippen LogP contribution is 2.55. The van der Waals surface area contributed by atoms with Crippen molar-refractivity contribution in [3.63, 3.8) is 0 Å². The number of carbonyl (C=O) groups is 3. The molecule has 6 aliphatic rings. The van der Waals surface area contributed by atoms with Gasteiger partial charge in [0.15, 0.2) is 0 Å². The van der Waals surface area contributed by atoms with E-state index in [4.69, 9.17) is 18.9 Å². The number of carbonyl (C=O) groups excluding carboxylic acids is 3. The first-order valence-corrected chi connectivity index (χ1v) is 17.6. The first-order valence-electron chi connectivity index (χ1n) is 17.6. The minimum atomic E-state index is -0.558. The molecule has 0 aromatic carbocycles. The first-order chi connectivity index (χ1) is 23.5. The Labute approximate surface area is 295 Å². The summed E-state index contributed by atoms with van der Waals surface area (Å²) in [6, 6.07) is 0. The summed E-state index contributed by atoms with van der Waals surface area (Å²) in [6.07, 6.45) is 0.487. The van der Waals surface area contributed by atoms with Gasteiger partial charge in [-0.15, -0.1) is 0 Å². The third-order valence-corrected chi connectivity index (χ3v) is 12.1. The summed E-state index contributed by atoms with van der Waals surface area (Å²) in [6.45, 7) is 37.6.